The van der Waals surface area contributed by atoms with Gasteiger partial charge in [0, 0.05) is 22.7 Å². The van der Waals surface area contributed by atoms with Gasteiger partial charge in [0.25, 0.3) is 0 Å². The number of ether oxygens (including phenoxy) is 1. The first-order chi connectivity index (χ1) is 11.8. The number of nitrogens with zero attached hydrogens (tertiary/aromatic N) is 4. The van der Waals surface area contributed by atoms with Crippen molar-refractivity contribution in [3.8, 4) is 5.75 Å². The van der Waals surface area contributed by atoms with Crippen LogP contribution in [-0.4, -0.2) is 16.5 Å². The summed E-state index contributed by atoms with van der Waals surface area (Å²) in [5.74, 6) is 1.31. The van der Waals surface area contributed by atoms with Gasteiger partial charge in [0.2, 0.25) is 0 Å². The van der Waals surface area contributed by atoms with Gasteiger partial charge in [-0.2, -0.15) is 0 Å². The van der Waals surface area contributed by atoms with Crippen molar-refractivity contribution in [2.45, 2.75) is 33.1 Å². The monoisotopic (exact) mass is 356 g/mol. The number of hydrogen-bond acceptors (Lipinski definition) is 4. The van der Waals surface area contributed by atoms with E-state index in [9.17, 15) is 0 Å². The molecule has 0 N–H and O–H groups in total. The molecule has 0 amide bonds. The van der Waals surface area contributed by atoms with Gasteiger partial charge in [-0.15, -0.1) is 10.2 Å². The normalized spacial score (nSPS) is 12.2. The molecule has 2 heterocycles. The topological polar surface area (TPSA) is 51.2 Å². The van der Waals surface area contributed by atoms with Crippen molar-refractivity contribution in [3.05, 3.63) is 52.8 Å². The highest BCUT2D eigenvalue weighted by molar-refractivity contribution is 6.31. The molecule has 0 radical (unpaired) electrons. The second-order valence-electron chi connectivity index (χ2n) is 6.94. The SMILES string of the molecule is COc1cc(Cl)c(C)cc1N=Nc1c(C(C)(C)C)nc2ccccn12. The van der Waals surface area contributed by atoms with Crippen molar-refractivity contribution in [1.29, 1.82) is 0 Å². The Morgan fingerprint density at radius 1 is 1.16 bits per heavy atom. The Morgan fingerprint density at radius 2 is 1.92 bits per heavy atom. The van der Waals surface area contributed by atoms with Crippen LogP contribution in [0.4, 0.5) is 11.5 Å². The number of benzene rings is 1. The second kappa shape index (κ2) is 6.48. The Morgan fingerprint density at radius 3 is 2.60 bits per heavy atom. The van der Waals surface area contributed by atoms with Crippen molar-refractivity contribution in [3.63, 3.8) is 0 Å². The first-order valence-corrected chi connectivity index (χ1v) is 8.42. The fourth-order valence-corrected chi connectivity index (χ4v) is 2.73. The standard InChI is InChI=1S/C19H21ClN4O/c1-12-10-14(15(25-5)11-13(12)20)22-23-18-17(19(2,3)4)21-16-8-6-7-9-24(16)18/h6-11H,1-5H3. The minimum atomic E-state index is -0.152. The number of fused-ring (bicyclic) bond motifs is 1. The van der Waals surface area contributed by atoms with Gasteiger partial charge in [0.1, 0.15) is 17.1 Å². The molecule has 5 nitrogen and oxygen atoms in total. The number of hydrogen-bond donors (Lipinski definition) is 0. The summed E-state index contributed by atoms with van der Waals surface area (Å²) in [6.07, 6.45) is 1.94. The number of methoxy groups -OCH3 is 1. The van der Waals surface area contributed by atoms with Gasteiger partial charge in [0.05, 0.1) is 12.8 Å². The zero-order chi connectivity index (χ0) is 18.2. The van der Waals surface area contributed by atoms with Crippen LogP contribution >= 0.6 is 11.6 Å². The average molecular weight is 357 g/mol. The molecule has 0 spiro atoms. The number of aryl methyl sites for hydroxylation is 1. The molecule has 2 aromatic heterocycles. The first kappa shape index (κ1) is 17.4. The number of halogens is 1. The Balaban J connectivity index is 2.15. The Labute approximate surface area is 152 Å². The molecule has 0 aliphatic carbocycles. The largest absolute Gasteiger partial charge is 0.494 e. The first-order valence-electron chi connectivity index (χ1n) is 8.04. The van der Waals surface area contributed by atoms with Crippen LogP contribution < -0.4 is 4.74 Å². The molecule has 130 valence electrons. The Hall–Kier alpha value is -2.40. The third kappa shape index (κ3) is 3.37. The molecule has 0 saturated carbocycles. The van der Waals surface area contributed by atoms with Crippen molar-refractivity contribution in [2.24, 2.45) is 10.2 Å². The van der Waals surface area contributed by atoms with Crippen molar-refractivity contribution >= 4 is 28.8 Å². The molecule has 0 unspecified atom stereocenters. The Bertz CT molecular complexity index is 954. The number of pyridine rings is 1. The molecule has 1 aromatic carbocycles. The maximum Gasteiger partial charge on any atom is 0.183 e. The van der Waals surface area contributed by atoms with Gasteiger partial charge < -0.3 is 4.74 Å². The van der Waals surface area contributed by atoms with Gasteiger partial charge >= 0.3 is 0 Å². The van der Waals surface area contributed by atoms with E-state index in [-0.39, 0.29) is 5.41 Å². The molecule has 0 aliphatic heterocycles. The molecule has 3 rings (SSSR count). The Kier molecular flexibility index (Phi) is 4.52. The fraction of sp³-hybridized carbons (Fsp3) is 0.316. The quantitative estimate of drug-likeness (QED) is 0.539. The van der Waals surface area contributed by atoms with E-state index >= 15 is 0 Å². The number of rotatable bonds is 3. The van der Waals surface area contributed by atoms with Crippen LogP contribution in [0.1, 0.15) is 32.0 Å². The third-order valence-corrected chi connectivity index (χ3v) is 4.33. The minimum Gasteiger partial charge on any atom is -0.494 e. The van der Waals surface area contributed by atoms with Crippen LogP contribution in [0.15, 0.2) is 46.8 Å². The number of azo groups is 1. The van der Waals surface area contributed by atoms with Crippen molar-refractivity contribution in [2.75, 3.05) is 7.11 Å². The summed E-state index contributed by atoms with van der Waals surface area (Å²) in [4.78, 5) is 4.73. The number of aromatic nitrogens is 2. The lowest BCUT2D eigenvalue weighted by molar-refractivity contribution is 0.416. The summed E-state index contributed by atoms with van der Waals surface area (Å²) in [6.45, 7) is 8.26. The van der Waals surface area contributed by atoms with Gasteiger partial charge in [-0.1, -0.05) is 38.4 Å². The number of imidazole rings is 1. The van der Waals surface area contributed by atoms with Gasteiger partial charge in [0.15, 0.2) is 5.82 Å². The fourth-order valence-electron chi connectivity index (χ4n) is 2.57. The van der Waals surface area contributed by atoms with E-state index in [1.54, 1.807) is 13.2 Å². The predicted octanol–water partition coefficient (Wildman–Crippen LogP) is 6.02. The van der Waals surface area contributed by atoms with Gasteiger partial charge in [-0.3, -0.25) is 4.40 Å². The maximum absolute atomic E-state index is 6.16. The maximum atomic E-state index is 6.16. The molecule has 0 aliphatic rings. The van der Waals surface area contributed by atoms with Gasteiger partial charge in [-0.25, -0.2) is 4.98 Å². The van der Waals surface area contributed by atoms with E-state index in [0.29, 0.717) is 16.5 Å². The summed E-state index contributed by atoms with van der Waals surface area (Å²) in [5.41, 5.74) is 3.15. The lowest BCUT2D eigenvalue weighted by atomic mass is 9.92. The molecule has 0 bridgehead atoms. The third-order valence-electron chi connectivity index (χ3n) is 3.93. The highest BCUT2D eigenvalue weighted by Crippen LogP contribution is 2.36. The van der Waals surface area contributed by atoms with E-state index in [2.05, 4.69) is 31.0 Å². The van der Waals surface area contributed by atoms with E-state index < -0.39 is 0 Å². The summed E-state index contributed by atoms with van der Waals surface area (Å²) < 4.78 is 7.32. The smallest absolute Gasteiger partial charge is 0.183 e. The highest BCUT2D eigenvalue weighted by Gasteiger charge is 2.24. The van der Waals surface area contributed by atoms with Crippen molar-refractivity contribution in [1.82, 2.24) is 9.38 Å². The van der Waals surface area contributed by atoms with Gasteiger partial charge in [-0.05, 0) is 30.7 Å². The van der Waals surface area contributed by atoms with Crippen LogP contribution in [0, 0.1) is 6.92 Å². The van der Waals surface area contributed by atoms with Crippen LogP contribution in [0.2, 0.25) is 5.02 Å². The lowest BCUT2D eigenvalue weighted by Gasteiger charge is -2.15. The molecule has 25 heavy (non-hydrogen) atoms. The van der Waals surface area contributed by atoms with E-state index in [1.165, 1.54) is 0 Å². The molecule has 6 heteroatoms. The predicted molar refractivity (Wildman–Crippen MR) is 101 cm³/mol. The molecule has 0 atom stereocenters. The molecular weight excluding hydrogens is 336 g/mol. The second-order valence-corrected chi connectivity index (χ2v) is 7.34. The molecule has 0 saturated heterocycles. The van der Waals surface area contributed by atoms with E-state index in [4.69, 9.17) is 21.3 Å². The summed E-state index contributed by atoms with van der Waals surface area (Å²) >= 11 is 6.16. The lowest BCUT2D eigenvalue weighted by Crippen LogP contribution is -2.11. The van der Waals surface area contributed by atoms with Crippen LogP contribution in [-0.2, 0) is 5.41 Å². The molecule has 3 aromatic rings. The van der Waals surface area contributed by atoms with Crippen LogP contribution in [0.5, 0.6) is 5.75 Å². The zero-order valence-electron chi connectivity index (χ0n) is 15.0. The minimum absolute atomic E-state index is 0.152. The van der Waals surface area contributed by atoms with Crippen LogP contribution in [0.3, 0.4) is 0 Å². The summed E-state index contributed by atoms with van der Waals surface area (Å²) in [7, 11) is 1.59. The van der Waals surface area contributed by atoms with E-state index in [1.807, 2.05) is 41.8 Å². The van der Waals surface area contributed by atoms with Crippen molar-refractivity contribution < 1.29 is 4.74 Å². The van der Waals surface area contributed by atoms with E-state index in [0.717, 1.165) is 22.7 Å². The average Bonchev–Trinajstić information content (AvgIpc) is 2.94. The zero-order valence-corrected chi connectivity index (χ0v) is 15.8. The summed E-state index contributed by atoms with van der Waals surface area (Å²) in [6, 6.07) is 9.49. The van der Waals surface area contributed by atoms with Crippen LogP contribution in [0.25, 0.3) is 5.65 Å². The molecule has 0 fully saturated rings. The molecular formula is C19H21ClN4O. The summed E-state index contributed by atoms with van der Waals surface area (Å²) in [5, 5.41) is 9.58. The highest BCUT2D eigenvalue weighted by atomic mass is 35.5.